The number of carbonyl (C=O) groups is 5. The molecule has 1 aliphatic rings. The highest BCUT2D eigenvalue weighted by Gasteiger charge is 2.39. The van der Waals surface area contributed by atoms with Gasteiger partial charge in [0.25, 0.3) is 0 Å². The maximum absolute atomic E-state index is 13.2. The van der Waals surface area contributed by atoms with Crippen LogP contribution in [0.3, 0.4) is 0 Å². The maximum atomic E-state index is 13.2. The summed E-state index contributed by atoms with van der Waals surface area (Å²) >= 11 is 0. The van der Waals surface area contributed by atoms with Crippen molar-refractivity contribution >= 4 is 40.6 Å². The lowest BCUT2D eigenvalue weighted by atomic mass is 10.0. The number of amides is 3. The van der Waals surface area contributed by atoms with E-state index in [0.29, 0.717) is 12.8 Å². The number of H-pyrrole nitrogens is 1. The molecule has 1 aromatic heterocycles. The van der Waals surface area contributed by atoms with E-state index >= 15 is 0 Å². The zero-order valence-electron chi connectivity index (χ0n) is 20.2. The molecule has 0 radical (unpaired) electrons. The molecule has 1 aromatic carbocycles. The van der Waals surface area contributed by atoms with Crippen LogP contribution in [-0.2, 0) is 30.4 Å². The van der Waals surface area contributed by atoms with E-state index in [1.807, 2.05) is 29.6 Å². The number of aliphatic hydroxyl groups excluding tert-OH is 1. The van der Waals surface area contributed by atoms with Gasteiger partial charge in [-0.2, -0.15) is 0 Å². The molecule has 2 heterocycles. The molecule has 3 rings (SSSR count). The second kappa shape index (κ2) is 11.8. The van der Waals surface area contributed by atoms with E-state index in [9.17, 15) is 29.1 Å². The van der Waals surface area contributed by atoms with E-state index in [4.69, 9.17) is 15.9 Å². The second-order valence-electron chi connectivity index (χ2n) is 9.08. The average molecular weight is 518 g/mol. The summed E-state index contributed by atoms with van der Waals surface area (Å²) in [6, 6.07) is 2.40. The number of para-hydroxylation sites is 1. The van der Waals surface area contributed by atoms with Crippen molar-refractivity contribution in [3.63, 3.8) is 0 Å². The number of fused-ring (bicyclic) bond motifs is 1. The van der Waals surface area contributed by atoms with Crippen LogP contribution in [0.2, 0.25) is 0 Å². The standard InChI is InChI=1S/C24H31N5O8/c1-12(30)20(22(34)27-17(24(36)37)10-19(31)32)28-21(33)18-7-4-8-29(18)23(35)15(25)9-13-11-26-16-6-3-2-5-14(13)16/h2-3,5-6,11-12,15,17-18,20,26,30H,4,7-10,25H2,1H3,(H,27,34)(H,28,33)(H,31,32)(H,36,37). The number of carbonyl (C=O) groups excluding carboxylic acids is 3. The second-order valence-corrected chi connectivity index (χ2v) is 9.08. The molecule has 2 aromatic rings. The first-order valence-corrected chi connectivity index (χ1v) is 11.8. The molecule has 1 aliphatic heterocycles. The van der Waals surface area contributed by atoms with Gasteiger partial charge in [0.2, 0.25) is 17.7 Å². The van der Waals surface area contributed by atoms with Crippen LogP contribution in [0.5, 0.6) is 0 Å². The highest BCUT2D eigenvalue weighted by atomic mass is 16.4. The van der Waals surface area contributed by atoms with Gasteiger partial charge in [0.1, 0.15) is 18.1 Å². The van der Waals surface area contributed by atoms with Crippen molar-refractivity contribution in [1.29, 1.82) is 0 Å². The number of aliphatic hydroxyl groups is 1. The van der Waals surface area contributed by atoms with Crippen molar-refractivity contribution in [3.05, 3.63) is 36.0 Å². The van der Waals surface area contributed by atoms with Gasteiger partial charge in [0.15, 0.2) is 0 Å². The first-order chi connectivity index (χ1) is 17.5. The number of aliphatic carboxylic acids is 2. The van der Waals surface area contributed by atoms with E-state index in [0.717, 1.165) is 16.5 Å². The number of carboxylic acid groups (broad SMARTS) is 2. The number of hydrogen-bond donors (Lipinski definition) is 7. The van der Waals surface area contributed by atoms with Crippen LogP contribution in [0, 0.1) is 0 Å². The number of nitrogens with two attached hydrogens (primary N) is 1. The number of hydrogen-bond acceptors (Lipinski definition) is 7. The average Bonchev–Trinajstić information content (AvgIpc) is 3.48. The molecule has 8 N–H and O–H groups in total. The van der Waals surface area contributed by atoms with Gasteiger partial charge in [0.05, 0.1) is 18.6 Å². The Morgan fingerprint density at radius 2 is 1.86 bits per heavy atom. The first-order valence-electron chi connectivity index (χ1n) is 11.8. The molecule has 13 heteroatoms. The molecule has 5 unspecified atom stereocenters. The summed E-state index contributed by atoms with van der Waals surface area (Å²) in [7, 11) is 0. The third kappa shape index (κ3) is 6.62. The van der Waals surface area contributed by atoms with Gasteiger partial charge in [0, 0.05) is 23.6 Å². The number of nitrogens with one attached hydrogen (secondary N) is 3. The van der Waals surface area contributed by atoms with Crippen molar-refractivity contribution in [3.8, 4) is 0 Å². The Bertz CT molecular complexity index is 1180. The summed E-state index contributed by atoms with van der Waals surface area (Å²) in [6.07, 6.45) is 0.537. The van der Waals surface area contributed by atoms with Crippen LogP contribution >= 0.6 is 0 Å². The Balaban J connectivity index is 1.67. The molecular weight excluding hydrogens is 486 g/mol. The Morgan fingerprint density at radius 3 is 2.51 bits per heavy atom. The van der Waals surface area contributed by atoms with Gasteiger partial charge in [-0.15, -0.1) is 0 Å². The molecule has 0 saturated carbocycles. The lowest BCUT2D eigenvalue weighted by Crippen LogP contribution is -2.59. The van der Waals surface area contributed by atoms with Gasteiger partial charge in [-0.3, -0.25) is 19.2 Å². The van der Waals surface area contributed by atoms with Gasteiger partial charge in [-0.1, -0.05) is 18.2 Å². The Labute approximate surface area is 212 Å². The SMILES string of the molecule is CC(O)C(NC(=O)C1CCCN1C(=O)C(N)Cc1c[nH]c2ccccc12)C(=O)NC(CC(=O)O)C(=O)O. The third-order valence-corrected chi connectivity index (χ3v) is 6.33. The van der Waals surface area contributed by atoms with E-state index < -0.39 is 66.4 Å². The molecule has 1 saturated heterocycles. The predicted molar refractivity (Wildman–Crippen MR) is 130 cm³/mol. The molecule has 1 fully saturated rings. The van der Waals surface area contributed by atoms with Crippen LogP contribution in [-0.4, -0.2) is 91.7 Å². The number of likely N-dealkylation sites (tertiary alicyclic amines) is 1. The summed E-state index contributed by atoms with van der Waals surface area (Å²) in [4.78, 5) is 65.4. The van der Waals surface area contributed by atoms with E-state index in [-0.39, 0.29) is 13.0 Å². The smallest absolute Gasteiger partial charge is 0.326 e. The summed E-state index contributed by atoms with van der Waals surface area (Å²) in [5, 5.41) is 33.4. The normalized spacial score (nSPS) is 18.6. The highest BCUT2D eigenvalue weighted by Crippen LogP contribution is 2.22. The van der Waals surface area contributed by atoms with Gasteiger partial charge in [-0.05, 0) is 37.8 Å². The fourth-order valence-electron chi connectivity index (χ4n) is 4.43. The van der Waals surface area contributed by atoms with Crippen molar-refractivity contribution in [1.82, 2.24) is 20.5 Å². The Morgan fingerprint density at radius 1 is 1.16 bits per heavy atom. The quantitative estimate of drug-likeness (QED) is 0.193. The molecule has 0 bridgehead atoms. The Hall–Kier alpha value is -3.97. The maximum Gasteiger partial charge on any atom is 0.326 e. The lowest BCUT2D eigenvalue weighted by Gasteiger charge is -2.29. The first kappa shape index (κ1) is 27.6. The number of benzene rings is 1. The van der Waals surface area contributed by atoms with Crippen LogP contribution in [0.25, 0.3) is 10.9 Å². The van der Waals surface area contributed by atoms with Crippen LogP contribution < -0.4 is 16.4 Å². The Kier molecular flexibility index (Phi) is 8.84. The number of rotatable bonds is 11. The summed E-state index contributed by atoms with van der Waals surface area (Å²) in [5.74, 6) is -5.24. The van der Waals surface area contributed by atoms with Crippen LogP contribution in [0.1, 0.15) is 31.7 Å². The molecule has 37 heavy (non-hydrogen) atoms. The lowest BCUT2D eigenvalue weighted by molar-refractivity contribution is -0.148. The molecule has 200 valence electrons. The van der Waals surface area contributed by atoms with Crippen molar-refractivity contribution in [2.75, 3.05) is 6.54 Å². The summed E-state index contributed by atoms with van der Waals surface area (Å²) in [5.41, 5.74) is 7.98. The predicted octanol–water partition coefficient (Wildman–Crippen LogP) is -1.06. The fourth-order valence-corrected chi connectivity index (χ4v) is 4.43. The van der Waals surface area contributed by atoms with Crippen molar-refractivity contribution in [2.45, 2.75) is 62.9 Å². The number of aromatic nitrogens is 1. The minimum absolute atomic E-state index is 0.243. The molecular formula is C24H31N5O8. The number of carboxylic acids is 2. The zero-order valence-corrected chi connectivity index (χ0v) is 20.2. The number of nitrogens with zero attached hydrogens (tertiary/aromatic N) is 1. The molecule has 3 amide bonds. The van der Waals surface area contributed by atoms with Crippen molar-refractivity contribution < 1.29 is 39.3 Å². The minimum atomic E-state index is -1.75. The van der Waals surface area contributed by atoms with Gasteiger partial charge >= 0.3 is 11.9 Å². The van der Waals surface area contributed by atoms with Crippen LogP contribution in [0.15, 0.2) is 30.5 Å². The van der Waals surface area contributed by atoms with E-state index in [1.165, 1.54) is 11.8 Å². The topological polar surface area (TPSA) is 215 Å². The highest BCUT2D eigenvalue weighted by molar-refractivity contribution is 5.95. The van der Waals surface area contributed by atoms with Crippen molar-refractivity contribution in [2.24, 2.45) is 5.73 Å². The fraction of sp³-hybridized carbons (Fsp3) is 0.458. The van der Waals surface area contributed by atoms with Gasteiger partial charge < -0.3 is 41.6 Å². The molecule has 0 spiro atoms. The zero-order chi connectivity index (χ0) is 27.3. The van der Waals surface area contributed by atoms with E-state index in [2.05, 4.69) is 10.3 Å². The molecule has 0 aliphatic carbocycles. The largest absolute Gasteiger partial charge is 0.481 e. The third-order valence-electron chi connectivity index (χ3n) is 6.33. The number of aromatic amines is 1. The molecule has 5 atom stereocenters. The van der Waals surface area contributed by atoms with Gasteiger partial charge in [-0.25, -0.2) is 4.79 Å². The summed E-state index contributed by atoms with van der Waals surface area (Å²) < 4.78 is 0. The summed E-state index contributed by atoms with van der Waals surface area (Å²) in [6.45, 7) is 1.50. The van der Waals surface area contributed by atoms with Crippen LogP contribution in [0.4, 0.5) is 0 Å². The minimum Gasteiger partial charge on any atom is -0.481 e. The van der Waals surface area contributed by atoms with E-state index in [1.54, 1.807) is 6.20 Å². The monoisotopic (exact) mass is 517 g/mol. The molecule has 13 nitrogen and oxygen atoms in total.